The van der Waals surface area contributed by atoms with Crippen LogP contribution >= 0.6 is 23.7 Å². The maximum Gasteiger partial charge on any atom is 0.316 e. The van der Waals surface area contributed by atoms with Gasteiger partial charge in [-0.15, -0.1) is 23.7 Å². The first-order valence-corrected chi connectivity index (χ1v) is 10.2. The SMILES string of the molecule is CCOC(=O)C1(c2ccccc2)CCN(CCC(=O)Nc2nccs2)CC1.Cl. The Hall–Kier alpha value is -1.96. The molecule has 28 heavy (non-hydrogen) atoms. The van der Waals surface area contributed by atoms with Crippen LogP contribution in [0.2, 0.25) is 0 Å². The lowest BCUT2D eigenvalue weighted by Crippen LogP contribution is -2.48. The van der Waals surface area contributed by atoms with Crippen molar-refractivity contribution in [1.29, 1.82) is 0 Å². The quantitative estimate of drug-likeness (QED) is 0.690. The molecule has 0 atom stereocenters. The fourth-order valence-corrected chi connectivity index (χ4v) is 4.07. The molecule has 1 aliphatic rings. The summed E-state index contributed by atoms with van der Waals surface area (Å²) in [5.41, 5.74) is 0.432. The van der Waals surface area contributed by atoms with Gasteiger partial charge in [-0.2, -0.15) is 0 Å². The molecule has 0 saturated carbocycles. The summed E-state index contributed by atoms with van der Waals surface area (Å²) in [4.78, 5) is 31.1. The smallest absolute Gasteiger partial charge is 0.316 e. The van der Waals surface area contributed by atoms with E-state index in [1.54, 1.807) is 6.20 Å². The second kappa shape index (κ2) is 10.5. The summed E-state index contributed by atoms with van der Waals surface area (Å²) in [6.07, 6.45) is 3.48. The predicted molar refractivity (Wildman–Crippen MR) is 113 cm³/mol. The molecule has 0 unspecified atom stereocenters. The fourth-order valence-electron chi connectivity index (χ4n) is 3.52. The summed E-state index contributed by atoms with van der Waals surface area (Å²) in [5, 5.41) is 5.27. The first-order chi connectivity index (χ1) is 13.1. The van der Waals surface area contributed by atoms with E-state index in [1.165, 1.54) is 11.3 Å². The molecular formula is C20H26ClN3O3S. The molecule has 152 valence electrons. The number of aromatic nitrogens is 1. The number of ether oxygens (including phenoxy) is 1. The van der Waals surface area contributed by atoms with Crippen LogP contribution in [0.3, 0.4) is 0 Å². The highest BCUT2D eigenvalue weighted by Crippen LogP contribution is 2.37. The Balaban J connectivity index is 0.00000280. The Kier molecular flexibility index (Phi) is 8.41. The molecule has 0 aliphatic carbocycles. The number of halogens is 1. The van der Waals surface area contributed by atoms with E-state index in [-0.39, 0.29) is 24.3 Å². The van der Waals surface area contributed by atoms with E-state index in [0.717, 1.165) is 18.7 Å². The molecule has 1 saturated heterocycles. The zero-order valence-electron chi connectivity index (χ0n) is 15.9. The number of hydrogen-bond acceptors (Lipinski definition) is 6. The van der Waals surface area contributed by atoms with Crippen LogP contribution in [0.4, 0.5) is 5.13 Å². The van der Waals surface area contributed by atoms with Crippen LogP contribution in [-0.4, -0.2) is 48.0 Å². The number of nitrogens with one attached hydrogen (secondary N) is 1. The number of carbonyl (C=O) groups is 2. The second-order valence-corrected chi connectivity index (χ2v) is 7.54. The zero-order valence-corrected chi connectivity index (χ0v) is 17.6. The van der Waals surface area contributed by atoms with Gasteiger partial charge in [0, 0.05) is 24.5 Å². The van der Waals surface area contributed by atoms with Crippen molar-refractivity contribution < 1.29 is 14.3 Å². The van der Waals surface area contributed by atoms with Crippen LogP contribution in [0.5, 0.6) is 0 Å². The Morgan fingerprint density at radius 2 is 1.96 bits per heavy atom. The minimum absolute atomic E-state index is 0. The largest absolute Gasteiger partial charge is 0.465 e. The number of thiazole rings is 1. The number of esters is 1. The van der Waals surface area contributed by atoms with E-state index in [1.807, 2.05) is 42.6 Å². The van der Waals surface area contributed by atoms with Crippen LogP contribution in [0.1, 0.15) is 31.7 Å². The summed E-state index contributed by atoms with van der Waals surface area (Å²) < 4.78 is 5.40. The lowest BCUT2D eigenvalue weighted by molar-refractivity contribution is -0.152. The minimum atomic E-state index is -0.586. The van der Waals surface area contributed by atoms with E-state index in [2.05, 4.69) is 15.2 Å². The van der Waals surface area contributed by atoms with E-state index in [0.29, 0.717) is 37.5 Å². The average molecular weight is 424 g/mol. The number of likely N-dealkylation sites (tertiary alicyclic amines) is 1. The van der Waals surface area contributed by atoms with Crippen LogP contribution in [0.15, 0.2) is 41.9 Å². The molecule has 8 heteroatoms. The standard InChI is InChI=1S/C20H25N3O3S.ClH/c1-2-26-18(25)20(16-6-4-3-5-7-16)9-13-23(14-10-20)12-8-17(24)22-19-21-11-15-27-19;/h3-7,11,15H,2,8-10,12-14H2,1H3,(H,21,22,24);1H. The van der Waals surface area contributed by atoms with Crippen molar-refractivity contribution in [2.45, 2.75) is 31.6 Å². The molecule has 1 aromatic carbocycles. The maximum absolute atomic E-state index is 12.8. The number of hydrogen-bond donors (Lipinski definition) is 1. The molecule has 0 spiro atoms. The van der Waals surface area contributed by atoms with Gasteiger partial charge in [-0.05, 0) is 38.4 Å². The summed E-state index contributed by atoms with van der Waals surface area (Å²) in [5.74, 6) is -0.174. The Morgan fingerprint density at radius 3 is 2.57 bits per heavy atom. The molecule has 1 fully saturated rings. The number of rotatable bonds is 7. The van der Waals surface area contributed by atoms with Gasteiger partial charge in [-0.25, -0.2) is 4.98 Å². The molecule has 2 heterocycles. The third-order valence-corrected chi connectivity index (χ3v) is 5.72. The third kappa shape index (κ3) is 5.31. The summed E-state index contributed by atoms with van der Waals surface area (Å²) in [6, 6.07) is 9.90. The van der Waals surface area contributed by atoms with Gasteiger partial charge in [0.1, 0.15) is 0 Å². The second-order valence-electron chi connectivity index (χ2n) is 6.65. The number of amides is 1. The first-order valence-electron chi connectivity index (χ1n) is 9.28. The molecule has 1 amide bonds. The van der Waals surface area contributed by atoms with Gasteiger partial charge in [-0.1, -0.05) is 30.3 Å². The average Bonchev–Trinajstić information content (AvgIpc) is 3.20. The lowest BCUT2D eigenvalue weighted by Gasteiger charge is -2.40. The Labute approximate surface area is 175 Å². The lowest BCUT2D eigenvalue weighted by atomic mass is 9.72. The summed E-state index contributed by atoms with van der Waals surface area (Å²) in [6.45, 7) is 4.42. The first kappa shape index (κ1) is 22.3. The van der Waals surface area contributed by atoms with Gasteiger partial charge < -0.3 is 15.0 Å². The van der Waals surface area contributed by atoms with E-state index < -0.39 is 5.41 Å². The van der Waals surface area contributed by atoms with Crippen molar-refractivity contribution in [3.63, 3.8) is 0 Å². The molecule has 1 N–H and O–H groups in total. The van der Waals surface area contributed by atoms with Gasteiger partial charge in [0.15, 0.2) is 5.13 Å². The molecule has 0 bridgehead atoms. The predicted octanol–water partition coefficient (Wildman–Crippen LogP) is 3.49. The van der Waals surface area contributed by atoms with Crippen molar-refractivity contribution >= 4 is 40.8 Å². The number of nitrogens with zero attached hydrogens (tertiary/aromatic N) is 2. The number of carbonyl (C=O) groups excluding carboxylic acids is 2. The van der Waals surface area contributed by atoms with Crippen molar-refractivity contribution in [3.8, 4) is 0 Å². The van der Waals surface area contributed by atoms with E-state index in [9.17, 15) is 9.59 Å². The zero-order chi connectivity index (χ0) is 19.1. The molecule has 6 nitrogen and oxygen atoms in total. The molecule has 0 radical (unpaired) electrons. The van der Waals surface area contributed by atoms with Crippen molar-refractivity contribution in [2.24, 2.45) is 0 Å². The van der Waals surface area contributed by atoms with Gasteiger partial charge in [0.25, 0.3) is 0 Å². The van der Waals surface area contributed by atoms with Crippen LogP contribution in [0, 0.1) is 0 Å². The van der Waals surface area contributed by atoms with Crippen molar-refractivity contribution in [1.82, 2.24) is 9.88 Å². The van der Waals surface area contributed by atoms with Crippen LogP contribution < -0.4 is 5.32 Å². The number of anilines is 1. The van der Waals surface area contributed by atoms with Crippen LogP contribution in [-0.2, 0) is 19.7 Å². The highest BCUT2D eigenvalue weighted by atomic mass is 35.5. The molecule has 3 rings (SSSR count). The highest BCUT2D eigenvalue weighted by molar-refractivity contribution is 7.13. The van der Waals surface area contributed by atoms with Gasteiger partial charge in [-0.3, -0.25) is 9.59 Å². The van der Waals surface area contributed by atoms with Crippen LogP contribution in [0.25, 0.3) is 0 Å². The van der Waals surface area contributed by atoms with Gasteiger partial charge in [0.05, 0.1) is 12.0 Å². The molecule has 1 aromatic heterocycles. The number of benzene rings is 1. The Morgan fingerprint density at radius 1 is 1.25 bits per heavy atom. The van der Waals surface area contributed by atoms with Crippen molar-refractivity contribution in [2.75, 3.05) is 31.6 Å². The van der Waals surface area contributed by atoms with E-state index >= 15 is 0 Å². The topological polar surface area (TPSA) is 71.5 Å². The monoisotopic (exact) mass is 423 g/mol. The summed E-state index contributed by atoms with van der Waals surface area (Å²) in [7, 11) is 0. The molecule has 2 aromatic rings. The fraction of sp³-hybridized carbons (Fsp3) is 0.450. The summed E-state index contributed by atoms with van der Waals surface area (Å²) >= 11 is 1.41. The minimum Gasteiger partial charge on any atom is -0.465 e. The highest BCUT2D eigenvalue weighted by Gasteiger charge is 2.44. The molecular weight excluding hydrogens is 398 g/mol. The third-order valence-electron chi connectivity index (χ3n) is 5.04. The number of piperidine rings is 1. The van der Waals surface area contributed by atoms with Crippen molar-refractivity contribution in [3.05, 3.63) is 47.5 Å². The Bertz CT molecular complexity index is 747. The maximum atomic E-state index is 12.8. The van der Waals surface area contributed by atoms with Gasteiger partial charge in [0.2, 0.25) is 5.91 Å². The normalized spacial score (nSPS) is 16.0. The molecule has 1 aliphatic heterocycles. The van der Waals surface area contributed by atoms with E-state index in [4.69, 9.17) is 4.74 Å². The van der Waals surface area contributed by atoms with Gasteiger partial charge >= 0.3 is 5.97 Å².